The summed E-state index contributed by atoms with van der Waals surface area (Å²) < 4.78 is 0. The van der Waals surface area contributed by atoms with Gasteiger partial charge in [-0.15, -0.1) is 0 Å². The molecule has 0 aliphatic heterocycles. The van der Waals surface area contributed by atoms with E-state index >= 15 is 0 Å². The van der Waals surface area contributed by atoms with E-state index in [2.05, 4.69) is 43.4 Å². The van der Waals surface area contributed by atoms with E-state index in [4.69, 9.17) is 0 Å². The Kier molecular flexibility index (Phi) is 4.61. The first-order valence-electron chi connectivity index (χ1n) is 7.06. The van der Waals surface area contributed by atoms with Gasteiger partial charge < -0.3 is 5.32 Å². The minimum Gasteiger partial charge on any atom is -0.317 e. The van der Waals surface area contributed by atoms with Gasteiger partial charge in [0.05, 0.1) is 0 Å². The van der Waals surface area contributed by atoms with Crippen molar-refractivity contribution in [3.05, 3.63) is 35.4 Å². The lowest BCUT2D eigenvalue weighted by atomic mass is 9.89. The van der Waals surface area contributed by atoms with Crippen molar-refractivity contribution in [3.8, 4) is 0 Å². The molecule has 1 heteroatoms. The van der Waals surface area contributed by atoms with Crippen LogP contribution in [-0.4, -0.2) is 13.1 Å². The molecule has 1 saturated carbocycles. The van der Waals surface area contributed by atoms with E-state index in [1.165, 1.54) is 43.4 Å². The smallest absolute Gasteiger partial charge is 0.00179 e. The molecule has 1 aliphatic carbocycles. The summed E-state index contributed by atoms with van der Waals surface area (Å²) in [5.74, 6) is 1.80. The average Bonchev–Trinajstić information content (AvgIpc) is 2.74. The van der Waals surface area contributed by atoms with Gasteiger partial charge in [-0.2, -0.15) is 0 Å². The lowest BCUT2D eigenvalue weighted by Gasteiger charge is -2.20. The van der Waals surface area contributed by atoms with Gasteiger partial charge in [-0.3, -0.25) is 0 Å². The van der Waals surface area contributed by atoms with Crippen molar-refractivity contribution in [2.45, 2.75) is 39.5 Å². The summed E-state index contributed by atoms with van der Waals surface area (Å²) in [7, 11) is 0. The van der Waals surface area contributed by atoms with Crippen molar-refractivity contribution >= 4 is 0 Å². The molecule has 0 saturated heterocycles. The summed E-state index contributed by atoms with van der Waals surface area (Å²) >= 11 is 0. The predicted molar refractivity (Wildman–Crippen MR) is 74.3 cm³/mol. The maximum Gasteiger partial charge on any atom is -0.00179 e. The molecule has 94 valence electrons. The largest absolute Gasteiger partial charge is 0.317 e. The molecule has 0 aromatic heterocycles. The van der Waals surface area contributed by atoms with Crippen molar-refractivity contribution in [2.24, 2.45) is 11.8 Å². The Morgan fingerprint density at radius 3 is 2.82 bits per heavy atom. The van der Waals surface area contributed by atoms with Crippen LogP contribution in [0.4, 0.5) is 0 Å². The van der Waals surface area contributed by atoms with Crippen LogP contribution < -0.4 is 5.32 Å². The third-order valence-electron chi connectivity index (χ3n) is 4.05. The van der Waals surface area contributed by atoms with Gasteiger partial charge in [0.15, 0.2) is 0 Å². The van der Waals surface area contributed by atoms with Crippen LogP contribution in [0.3, 0.4) is 0 Å². The third-order valence-corrected chi connectivity index (χ3v) is 4.05. The number of rotatable bonds is 5. The lowest BCUT2D eigenvalue weighted by molar-refractivity contribution is 0.368. The van der Waals surface area contributed by atoms with E-state index < -0.39 is 0 Å². The monoisotopic (exact) mass is 231 g/mol. The zero-order chi connectivity index (χ0) is 12.1. The summed E-state index contributed by atoms with van der Waals surface area (Å²) in [5.41, 5.74) is 2.92. The number of hydrogen-bond acceptors (Lipinski definition) is 1. The Balaban J connectivity index is 1.93. The molecule has 0 amide bonds. The molecule has 0 radical (unpaired) electrons. The first kappa shape index (κ1) is 12.6. The van der Waals surface area contributed by atoms with Crippen molar-refractivity contribution < 1.29 is 0 Å². The highest BCUT2D eigenvalue weighted by Crippen LogP contribution is 2.33. The van der Waals surface area contributed by atoms with E-state index in [0.717, 1.165) is 18.4 Å². The summed E-state index contributed by atoms with van der Waals surface area (Å²) in [6, 6.07) is 9.02. The zero-order valence-corrected chi connectivity index (χ0v) is 11.2. The summed E-state index contributed by atoms with van der Waals surface area (Å²) in [4.78, 5) is 0. The van der Waals surface area contributed by atoms with Gasteiger partial charge in [-0.1, -0.05) is 43.2 Å². The van der Waals surface area contributed by atoms with E-state index in [9.17, 15) is 0 Å². The predicted octanol–water partition coefficient (Wildman–Crippen LogP) is 3.56. The molecular formula is C16H25N. The molecule has 0 bridgehead atoms. The topological polar surface area (TPSA) is 12.0 Å². The molecule has 2 unspecified atom stereocenters. The maximum absolute atomic E-state index is 3.52. The van der Waals surface area contributed by atoms with Gasteiger partial charge in [0.1, 0.15) is 0 Å². The van der Waals surface area contributed by atoms with E-state index in [-0.39, 0.29) is 0 Å². The molecule has 17 heavy (non-hydrogen) atoms. The van der Waals surface area contributed by atoms with Crippen molar-refractivity contribution in [1.29, 1.82) is 0 Å². The molecule has 1 fully saturated rings. The van der Waals surface area contributed by atoms with Crippen molar-refractivity contribution in [2.75, 3.05) is 13.1 Å². The van der Waals surface area contributed by atoms with Gasteiger partial charge >= 0.3 is 0 Å². The van der Waals surface area contributed by atoms with Crippen LogP contribution in [0.5, 0.6) is 0 Å². The standard InChI is InChI=1S/C16H25N/c1-3-17-12-16-9-5-8-15(16)11-14-7-4-6-13(2)10-14/h4,6-7,10,15-17H,3,5,8-9,11-12H2,1-2H3. The number of aryl methyl sites for hydroxylation is 1. The summed E-state index contributed by atoms with van der Waals surface area (Å²) in [5, 5.41) is 3.52. The minimum absolute atomic E-state index is 0.899. The van der Waals surface area contributed by atoms with Gasteiger partial charge in [-0.05, 0) is 56.7 Å². The van der Waals surface area contributed by atoms with Crippen LogP contribution in [0.15, 0.2) is 24.3 Å². The number of nitrogens with one attached hydrogen (secondary N) is 1. The highest BCUT2D eigenvalue weighted by molar-refractivity contribution is 5.22. The van der Waals surface area contributed by atoms with E-state index in [0.29, 0.717) is 0 Å². The Bertz CT molecular complexity index is 345. The van der Waals surface area contributed by atoms with Crippen LogP contribution >= 0.6 is 0 Å². The maximum atomic E-state index is 3.52. The van der Waals surface area contributed by atoms with Crippen LogP contribution in [0.1, 0.15) is 37.3 Å². The molecule has 1 aromatic rings. The fourth-order valence-corrected chi connectivity index (χ4v) is 3.12. The Morgan fingerprint density at radius 2 is 2.06 bits per heavy atom. The first-order chi connectivity index (χ1) is 8.29. The van der Waals surface area contributed by atoms with Crippen LogP contribution in [-0.2, 0) is 6.42 Å². The van der Waals surface area contributed by atoms with Crippen molar-refractivity contribution in [1.82, 2.24) is 5.32 Å². The Morgan fingerprint density at radius 1 is 1.24 bits per heavy atom. The SMILES string of the molecule is CCNCC1CCCC1Cc1cccc(C)c1. The molecule has 0 spiro atoms. The number of hydrogen-bond donors (Lipinski definition) is 1. The van der Waals surface area contributed by atoms with Crippen molar-refractivity contribution in [3.63, 3.8) is 0 Å². The van der Waals surface area contributed by atoms with E-state index in [1.54, 1.807) is 0 Å². The minimum atomic E-state index is 0.899. The fraction of sp³-hybridized carbons (Fsp3) is 0.625. The first-order valence-corrected chi connectivity index (χ1v) is 7.06. The molecular weight excluding hydrogens is 206 g/mol. The molecule has 1 nitrogen and oxygen atoms in total. The summed E-state index contributed by atoms with van der Waals surface area (Å²) in [6.45, 7) is 6.71. The Labute approximate surface area is 106 Å². The average molecular weight is 231 g/mol. The lowest BCUT2D eigenvalue weighted by Crippen LogP contribution is -2.25. The van der Waals surface area contributed by atoms with Gasteiger partial charge in [0.25, 0.3) is 0 Å². The van der Waals surface area contributed by atoms with Gasteiger partial charge in [0.2, 0.25) is 0 Å². The second-order valence-electron chi connectivity index (χ2n) is 5.45. The Hall–Kier alpha value is -0.820. The second kappa shape index (κ2) is 6.20. The normalized spacial score (nSPS) is 24.1. The van der Waals surface area contributed by atoms with Crippen LogP contribution in [0, 0.1) is 18.8 Å². The van der Waals surface area contributed by atoms with E-state index in [1.807, 2.05) is 0 Å². The highest BCUT2D eigenvalue weighted by Gasteiger charge is 2.26. The zero-order valence-electron chi connectivity index (χ0n) is 11.2. The number of benzene rings is 1. The van der Waals surface area contributed by atoms with Gasteiger partial charge in [-0.25, -0.2) is 0 Å². The quantitative estimate of drug-likeness (QED) is 0.817. The molecule has 2 atom stereocenters. The van der Waals surface area contributed by atoms with Gasteiger partial charge in [0, 0.05) is 0 Å². The summed E-state index contributed by atoms with van der Waals surface area (Å²) in [6.07, 6.45) is 5.54. The molecule has 1 N–H and O–H groups in total. The molecule has 2 rings (SSSR count). The molecule has 1 aromatic carbocycles. The fourth-order valence-electron chi connectivity index (χ4n) is 3.12. The van der Waals surface area contributed by atoms with Crippen LogP contribution in [0.25, 0.3) is 0 Å². The second-order valence-corrected chi connectivity index (χ2v) is 5.45. The highest BCUT2D eigenvalue weighted by atomic mass is 14.8. The van der Waals surface area contributed by atoms with Crippen LogP contribution in [0.2, 0.25) is 0 Å². The third kappa shape index (κ3) is 3.57. The molecule has 1 aliphatic rings. The molecule has 0 heterocycles.